The minimum absolute atomic E-state index is 0.0345. The number of nitrogens with zero attached hydrogens (tertiary/aromatic N) is 3. The molecule has 0 saturated carbocycles. The molecule has 0 bridgehead atoms. The van der Waals surface area contributed by atoms with E-state index in [1.54, 1.807) is 0 Å². The molecule has 0 aromatic heterocycles. The van der Waals surface area contributed by atoms with Crippen LogP contribution < -0.4 is 15.1 Å². The van der Waals surface area contributed by atoms with Crippen LogP contribution in [0.1, 0.15) is 38.3 Å². The number of fused-ring (bicyclic) bond motifs is 3. The maximum absolute atomic E-state index is 12.9. The van der Waals surface area contributed by atoms with E-state index in [-0.39, 0.29) is 30.2 Å². The molecule has 0 fully saturated rings. The number of carbonyl (C=O) groups is 2. The number of amidine groups is 1. The molecule has 2 aromatic carbocycles. The van der Waals surface area contributed by atoms with Crippen molar-refractivity contribution in [3.63, 3.8) is 0 Å². The van der Waals surface area contributed by atoms with Gasteiger partial charge < -0.3 is 19.3 Å². The molecule has 1 N–H and O–H groups in total. The molecule has 0 saturated heterocycles. The first-order valence-electron chi connectivity index (χ1n) is 12.0. The third-order valence-electron chi connectivity index (χ3n) is 6.60. The average molecular weight is 475 g/mol. The first-order valence-corrected chi connectivity index (χ1v) is 12.0. The van der Waals surface area contributed by atoms with Crippen molar-refractivity contribution in [2.45, 2.75) is 51.8 Å². The van der Waals surface area contributed by atoms with Gasteiger partial charge in [0.2, 0.25) is 0 Å². The monoisotopic (exact) mass is 474 g/mol. The number of nitrogens with one attached hydrogen (secondary N) is 1. The zero-order chi connectivity index (χ0) is 24.5. The second-order valence-corrected chi connectivity index (χ2v) is 9.38. The number of hydrogen-bond acceptors (Lipinski definition) is 6. The molecule has 182 valence electrons. The summed E-state index contributed by atoms with van der Waals surface area (Å²) >= 11 is 0. The number of rotatable bonds is 4. The fourth-order valence-electron chi connectivity index (χ4n) is 4.83. The van der Waals surface area contributed by atoms with E-state index in [9.17, 15) is 9.59 Å². The van der Waals surface area contributed by atoms with E-state index in [2.05, 4.69) is 34.8 Å². The zero-order valence-corrected chi connectivity index (χ0v) is 20.2. The topological polar surface area (TPSA) is 83.5 Å². The molecule has 0 aliphatic carbocycles. The Labute approximate surface area is 205 Å². The Morgan fingerprint density at radius 1 is 1.23 bits per heavy atom. The Balaban J connectivity index is 1.45. The van der Waals surface area contributed by atoms with Crippen molar-refractivity contribution in [3.8, 4) is 5.75 Å². The highest BCUT2D eigenvalue weighted by Crippen LogP contribution is 2.39. The second-order valence-electron chi connectivity index (χ2n) is 9.38. The Hall–Kier alpha value is -3.81. The molecule has 2 unspecified atom stereocenters. The van der Waals surface area contributed by atoms with Crippen molar-refractivity contribution in [2.75, 3.05) is 18.1 Å². The summed E-state index contributed by atoms with van der Waals surface area (Å²) in [5, 5.41) is 4.18. The average Bonchev–Trinajstić information content (AvgIpc) is 2.85. The van der Waals surface area contributed by atoms with Crippen LogP contribution in [-0.4, -0.2) is 54.1 Å². The van der Waals surface area contributed by atoms with Crippen molar-refractivity contribution in [3.05, 3.63) is 65.7 Å². The van der Waals surface area contributed by atoms with Crippen LogP contribution in [0, 0.1) is 0 Å². The molecule has 5 rings (SSSR count). The lowest BCUT2D eigenvalue weighted by molar-refractivity contribution is -0.122. The molecule has 3 heterocycles. The van der Waals surface area contributed by atoms with Gasteiger partial charge >= 0.3 is 6.09 Å². The fraction of sp³-hybridized carbons (Fsp3) is 0.370. The first-order chi connectivity index (χ1) is 16.9. The Kier molecular flexibility index (Phi) is 6.19. The molecular weight excluding hydrogens is 444 g/mol. The van der Waals surface area contributed by atoms with E-state index in [0.29, 0.717) is 25.4 Å². The van der Waals surface area contributed by atoms with Gasteiger partial charge in [0.05, 0.1) is 11.8 Å². The lowest BCUT2D eigenvalue weighted by atomic mass is 9.90. The molecule has 2 amide bonds. The van der Waals surface area contributed by atoms with Gasteiger partial charge in [0.15, 0.2) is 5.84 Å². The molecule has 0 spiro atoms. The van der Waals surface area contributed by atoms with Crippen molar-refractivity contribution < 1.29 is 19.1 Å². The number of carbonyl (C=O) groups excluding carboxylic acids is 2. The Bertz CT molecular complexity index is 1190. The van der Waals surface area contributed by atoms with Gasteiger partial charge in [0.25, 0.3) is 5.91 Å². The number of hydrogen-bond donors (Lipinski definition) is 1. The predicted octanol–water partition coefficient (Wildman–Crippen LogP) is 3.96. The van der Waals surface area contributed by atoms with E-state index in [4.69, 9.17) is 9.47 Å². The van der Waals surface area contributed by atoms with Crippen LogP contribution in [0.25, 0.3) is 5.57 Å². The van der Waals surface area contributed by atoms with Crippen LogP contribution in [0.15, 0.2) is 59.7 Å². The normalized spacial score (nSPS) is 21.3. The molecular formula is C27H30N4O4. The maximum atomic E-state index is 12.9. The molecule has 2 aromatic rings. The van der Waals surface area contributed by atoms with Gasteiger partial charge in [-0.25, -0.2) is 10.2 Å². The smallest absolute Gasteiger partial charge is 0.410 e. The minimum atomic E-state index is -0.382. The van der Waals surface area contributed by atoms with Gasteiger partial charge in [-0.2, -0.15) is 5.10 Å². The van der Waals surface area contributed by atoms with Gasteiger partial charge in [-0.1, -0.05) is 42.5 Å². The van der Waals surface area contributed by atoms with Crippen LogP contribution in [0.3, 0.4) is 0 Å². The summed E-state index contributed by atoms with van der Waals surface area (Å²) in [6.45, 7) is 6.38. The Morgan fingerprint density at radius 2 is 2.03 bits per heavy atom. The zero-order valence-electron chi connectivity index (χ0n) is 20.2. The lowest BCUT2D eigenvalue weighted by Gasteiger charge is -2.39. The molecule has 3 aliphatic heterocycles. The van der Waals surface area contributed by atoms with E-state index >= 15 is 0 Å². The third kappa shape index (κ3) is 4.60. The van der Waals surface area contributed by atoms with Crippen molar-refractivity contribution in [2.24, 2.45) is 5.10 Å². The first kappa shape index (κ1) is 23.0. The molecule has 2 atom stereocenters. The summed E-state index contributed by atoms with van der Waals surface area (Å²) in [4.78, 5) is 28.9. The third-order valence-corrected chi connectivity index (χ3v) is 6.60. The largest absolute Gasteiger partial charge is 0.483 e. The summed E-state index contributed by atoms with van der Waals surface area (Å²) < 4.78 is 11.4. The molecule has 8 heteroatoms. The standard InChI is InChI=1S/C27H30N4O4/c1-17(2)35-27(33)30-12-11-21(14-22(30)13-19-7-5-4-6-8-19)20-9-10-24-23(15-20)31-18(3)26(32)29-28-25(31)16-34-24/h4-11,15,17-18,22H,12-14,16H2,1-3H3,(H,29,32). The van der Waals surface area contributed by atoms with Crippen molar-refractivity contribution >= 4 is 29.1 Å². The fourth-order valence-corrected chi connectivity index (χ4v) is 4.83. The summed E-state index contributed by atoms with van der Waals surface area (Å²) in [7, 11) is 0. The van der Waals surface area contributed by atoms with Crippen LogP contribution >= 0.6 is 0 Å². The van der Waals surface area contributed by atoms with E-state index in [1.807, 2.05) is 60.9 Å². The second kappa shape index (κ2) is 9.44. The number of amides is 2. The van der Waals surface area contributed by atoms with Gasteiger partial charge in [-0.15, -0.1) is 0 Å². The van der Waals surface area contributed by atoms with Crippen LogP contribution in [0.5, 0.6) is 5.75 Å². The quantitative estimate of drug-likeness (QED) is 0.725. The lowest BCUT2D eigenvalue weighted by Crippen LogP contribution is -2.55. The predicted molar refractivity (Wildman–Crippen MR) is 134 cm³/mol. The highest BCUT2D eigenvalue weighted by Gasteiger charge is 2.36. The highest BCUT2D eigenvalue weighted by molar-refractivity contribution is 6.09. The minimum Gasteiger partial charge on any atom is -0.483 e. The molecule has 35 heavy (non-hydrogen) atoms. The van der Waals surface area contributed by atoms with E-state index in [0.717, 1.165) is 29.0 Å². The summed E-state index contributed by atoms with van der Waals surface area (Å²) in [5.74, 6) is 1.27. The van der Waals surface area contributed by atoms with Crippen LogP contribution in [0.2, 0.25) is 0 Å². The van der Waals surface area contributed by atoms with E-state index in [1.165, 1.54) is 5.56 Å². The SMILES string of the molecule is CC(C)OC(=O)N1CC=C(c2ccc3c(c2)N2C(=NNC(=O)C2C)CO3)CC1Cc1ccccc1. The molecule has 8 nitrogen and oxygen atoms in total. The Morgan fingerprint density at radius 3 is 2.80 bits per heavy atom. The van der Waals surface area contributed by atoms with Gasteiger partial charge in [-0.05, 0) is 62.4 Å². The van der Waals surface area contributed by atoms with Gasteiger partial charge in [0, 0.05) is 12.6 Å². The highest BCUT2D eigenvalue weighted by atomic mass is 16.6. The van der Waals surface area contributed by atoms with Gasteiger partial charge in [0.1, 0.15) is 18.4 Å². The van der Waals surface area contributed by atoms with Crippen molar-refractivity contribution in [1.82, 2.24) is 10.3 Å². The summed E-state index contributed by atoms with van der Waals surface area (Å²) in [5.41, 5.74) is 6.77. The number of anilines is 1. The number of benzene rings is 2. The number of ether oxygens (including phenoxy) is 2. The van der Waals surface area contributed by atoms with E-state index < -0.39 is 0 Å². The molecule has 3 aliphatic rings. The van der Waals surface area contributed by atoms with Gasteiger partial charge in [-0.3, -0.25) is 4.79 Å². The van der Waals surface area contributed by atoms with Crippen molar-refractivity contribution in [1.29, 1.82) is 0 Å². The summed E-state index contributed by atoms with van der Waals surface area (Å²) in [6.07, 6.45) is 3.06. The maximum Gasteiger partial charge on any atom is 0.410 e. The van der Waals surface area contributed by atoms with Crippen LogP contribution in [-0.2, 0) is 16.0 Å². The van der Waals surface area contributed by atoms with Crippen LogP contribution in [0.4, 0.5) is 10.5 Å². The number of hydrazone groups is 1. The molecule has 0 radical (unpaired) electrons. The summed E-state index contributed by atoms with van der Waals surface area (Å²) in [6, 6.07) is 15.8.